The Morgan fingerprint density at radius 1 is 1.60 bits per heavy atom. The first-order chi connectivity index (χ1) is 4.72. The van der Waals surface area contributed by atoms with E-state index in [0.717, 1.165) is 5.01 Å². The predicted octanol–water partition coefficient (Wildman–Crippen LogP) is 2.43. The number of aromatic nitrogens is 2. The van der Waals surface area contributed by atoms with Gasteiger partial charge in [-0.3, -0.25) is 0 Å². The van der Waals surface area contributed by atoms with Crippen LogP contribution in [0.4, 0.5) is 0 Å². The minimum absolute atomic E-state index is 0.465. The molecule has 0 aliphatic heterocycles. The van der Waals surface area contributed by atoms with Crippen molar-refractivity contribution in [2.75, 3.05) is 0 Å². The lowest BCUT2D eigenvalue weighted by Gasteiger charge is -2.08. The van der Waals surface area contributed by atoms with Crippen LogP contribution < -0.4 is 0 Å². The van der Waals surface area contributed by atoms with Gasteiger partial charge in [-0.25, -0.2) is 0 Å². The van der Waals surface area contributed by atoms with Crippen molar-refractivity contribution in [3.05, 3.63) is 10.5 Å². The fourth-order valence-corrected chi connectivity index (χ4v) is 1.72. The molecule has 0 fully saturated rings. The zero-order chi connectivity index (χ0) is 7.56. The van der Waals surface area contributed by atoms with Gasteiger partial charge >= 0.3 is 0 Å². The molecule has 1 rings (SSSR count). The van der Waals surface area contributed by atoms with Crippen molar-refractivity contribution in [2.24, 2.45) is 0 Å². The maximum atomic E-state index is 3.98. The minimum Gasteiger partial charge on any atom is -0.147 e. The molecule has 2 unspecified atom stereocenters. The Bertz CT molecular complexity index is 186. The van der Waals surface area contributed by atoms with E-state index in [1.54, 1.807) is 16.8 Å². The summed E-state index contributed by atoms with van der Waals surface area (Å²) in [6.07, 6.45) is 0. The summed E-state index contributed by atoms with van der Waals surface area (Å²) >= 11 is 5.11. The Hall–Kier alpha value is 0.0400. The molecule has 0 N–H and O–H groups in total. The molecule has 10 heavy (non-hydrogen) atoms. The van der Waals surface area contributed by atoms with E-state index in [0.29, 0.717) is 10.7 Å². The highest BCUT2D eigenvalue weighted by Gasteiger charge is 2.13. The summed E-state index contributed by atoms with van der Waals surface area (Å²) in [7, 11) is 0. The van der Waals surface area contributed by atoms with Gasteiger partial charge < -0.3 is 0 Å². The van der Waals surface area contributed by atoms with Gasteiger partial charge in [0.25, 0.3) is 0 Å². The number of hydrogen-bond acceptors (Lipinski definition) is 3. The number of halogens is 1. The molecule has 0 aromatic carbocycles. The molecule has 0 saturated carbocycles. The van der Waals surface area contributed by atoms with E-state index in [9.17, 15) is 0 Å². The van der Waals surface area contributed by atoms with Crippen LogP contribution in [0, 0.1) is 0 Å². The molecule has 0 radical (unpaired) electrons. The van der Waals surface area contributed by atoms with Crippen molar-refractivity contribution in [3.63, 3.8) is 0 Å². The summed E-state index contributed by atoms with van der Waals surface area (Å²) < 4.78 is 0. The fourth-order valence-electron chi connectivity index (χ4n) is 0.576. The monoisotopic (exact) mass is 220 g/mol. The summed E-state index contributed by atoms with van der Waals surface area (Å²) in [5, 5.41) is 8.85. The van der Waals surface area contributed by atoms with Gasteiger partial charge in [-0.15, -0.1) is 21.5 Å². The smallest absolute Gasteiger partial charge is 0.121 e. The van der Waals surface area contributed by atoms with Crippen LogP contribution in [0.1, 0.15) is 24.8 Å². The van der Waals surface area contributed by atoms with Crippen LogP contribution in [0.3, 0.4) is 0 Å². The largest absolute Gasteiger partial charge is 0.147 e. The van der Waals surface area contributed by atoms with E-state index in [1.165, 1.54) is 0 Å². The van der Waals surface area contributed by atoms with E-state index < -0.39 is 0 Å². The van der Waals surface area contributed by atoms with E-state index in [4.69, 9.17) is 0 Å². The Morgan fingerprint density at radius 2 is 2.30 bits per heavy atom. The van der Waals surface area contributed by atoms with Gasteiger partial charge in [0, 0.05) is 10.7 Å². The standard InChI is InChI=1S/C6H9BrN2S/c1-4(5(2)7)6-9-8-3-10-6/h3-5H,1-2H3. The van der Waals surface area contributed by atoms with Crippen LogP contribution in [0.15, 0.2) is 5.51 Å². The highest BCUT2D eigenvalue weighted by Crippen LogP contribution is 2.24. The summed E-state index contributed by atoms with van der Waals surface area (Å²) in [5.74, 6) is 0.465. The lowest BCUT2D eigenvalue weighted by molar-refractivity contribution is 0.739. The zero-order valence-corrected chi connectivity index (χ0v) is 8.32. The Labute approximate surface area is 72.8 Å². The highest BCUT2D eigenvalue weighted by molar-refractivity contribution is 9.09. The molecule has 56 valence electrons. The summed E-state index contributed by atoms with van der Waals surface area (Å²) in [6, 6.07) is 0. The Kier molecular flexibility index (Phi) is 2.80. The lowest BCUT2D eigenvalue weighted by atomic mass is 10.1. The molecule has 2 nitrogen and oxygen atoms in total. The third-order valence-corrected chi connectivity index (χ3v) is 3.14. The first-order valence-electron chi connectivity index (χ1n) is 3.12. The first-order valence-corrected chi connectivity index (χ1v) is 4.91. The molecule has 2 atom stereocenters. The maximum absolute atomic E-state index is 3.98. The van der Waals surface area contributed by atoms with Gasteiger partial charge in [0.05, 0.1) is 0 Å². The SMILES string of the molecule is CC(Br)C(C)c1nncs1. The molecule has 0 spiro atoms. The molecule has 0 aliphatic rings. The second-order valence-corrected chi connectivity index (χ2v) is 4.55. The molecular formula is C6H9BrN2S. The van der Waals surface area contributed by atoms with Gasteiger partial charge in [-0.05, 0) is 0 Å². The third kappa shape index (κ3) is 1.76. The minimum atomic E-state index is 0.465. The van der Waals surface area contributed by atoms with Crippen molar-refractivity contribution in [1.29, 1.82) is 0 Å². The topological polar surface area (TPSA) is 25.8 Å². The van der Waals surface area contributed by atoms with Gasteiger partial charge in [0.2, 0.25) is 0 Å². The van der Waals surface area contributed by atoms with Crippen molar-refractivity contribution in [1.82, 2.24) is 10.2 Å². The molecule has 1 aromatic heterocycles. The van der Waals surface area contributed by atoms with Crippen LogP contribution >= 0.6 is 27.3 Å². The maximum Gasteiger partial charge on any atom is 0.121 e. The molecule has 1 aromatic rings. The quantitative estimate of drug-likeness (QED) is 0.716. The first kappa shape index (κ1) is 8.14. The molecule has 0 bridgehead atoms. The lowest BCUT2D eigenvalue weighted by Crippen LogP contribution is -2.03. The van der Waals surface area contributed by atoms with Crippen molar-refractivity contribution in [3.8, 4) is 0 Å². The fraction of sp³-hybridized carbons (Fsp3) is 0.667. The number of alkyl halides is 1. The van der Waals surface area contributed by atoms with Gasteiger partial charge in [0.1, 0.15) is 10.5 Å². The molecule has 0 saturated heterocycles. The predicted molar refractivity (Wildman–Crippen MR) is 46.7 cm³/mol. The van der Waals surface area contributed by atoms with E-state index >= 15 is 0 Å². The molecule has 0 amide bonds. The second-order valence-electron chi connectivity index (χ2n) is 2.24. The molecular weight excluding hydrogens is 212 g/mol. The average molecular weight is 221 g/mol. The number of hydrogen-bond donors (Lipinski definition) is 0. The Morgan fingerprint density at radius 3 is 2.70 bits per heavy atom. The van der Waals surface area contributed by atoms with Crippen LogP contribution in [0.5, 0.6) is 0 Å². The van der Waals surface area contributed by atoms with E-state index in [2.05, 4.69) is 40.0 Å². The summed E-state index contributed by atoms with van der Waals surface area (Å²) in [6.45, 7) is 4.26. The van der Waals surface area contributed by atoms with Crippen LogP contribution in [0.2, 0.25) is 0 Å². The van der Waals surface area contributed by atoms with Gasteiger partial charge in [-0.1, -0.05) is 29.8 Å². The van der Waals surface area contributed by atoms with Crippen LogP contribution in [-0.2, 0) is 0 Å². The second kappa shape index (κ2) is 3.44. The molecule has 4 heteroatoms. The third-order valence-electron chi connectivity index (χ3n) is 1.46. The Balaban J connectivity index is 2.68. The average Bonchev–Trinajstić information content (AvgIpc) is 2.36. The highest BCUT2D eigenvalue weighted by atomic mass is 79.9. The van der Waals surface area contributed by atoms with E-state index in [1.807, 2.05) is 0 Å². The summed E-state index contributed by atoms with van der Waals surface area (Å²) in [4.78, 5) is 0.473. The van der Waals surface area contributed by atoms with Crippen LogP contribution in [0.25, 0.3) is 0 Å². The van der Waals surface area contributed by atoms with Crippen molar-refractivity contribution in [2.45, 2.75) is 24.6 Å². The number of rotatable bonds is 2. The van der Waals surface area contributed by atoms with Gasteiger partial charge in [0.15, 0.2) is 0 Å². The molecule has 0 aliphatic carbocycles. The van der Waals surface area contributed by atoms with Crippen LogP contribution in [-0.4, -0.2) is 15.0 Å². The number of nitrogens with zero attached hydrogens (tertiary/aromatic N) is 2. The summed E-state index contributed by atoms with van der Waals surface area (Å²) in [5.41, 5.74) is 1.77. The van der Waals surface area contributed by atoms with Gasteiger partial charge in [-0.2, -0.15) is 0 Å². The van der Waals surface area contributed by atoms with E-state index in [-0.39, 0.29) is 0 Å². The van der Waals surface area contributed by atoms with Crippen molar-refractivity contribution >= 4 is 27.3 Å². The normalized spacial score (nSPS) is 16.7. The van der Waals surface area contributed by atoms with Crippen molar-refractivity contribution < 1.29 is 0 Å². The zero-order valence-electron chi connectivity index (χ0n) is 5.91. The molecule has 1 heterocycles.